The summed E-state index contributed by atoms with van der Waals surface area (Å²) in [5, 5.41) is 3.65. The molecule has 0 aliphatic heterocycles. The summed E-state index contributed by atoms with van der Waals surface area (Å²) in [6.07, 6.45) is 17.5. The third-order valence-electron chi connectivity index (χ3n) is 6.91. The van der Waals surface area contributed by atoms with Crippen molar-refractivity contribution < 1.29 is 13.9 Å². The van der Waals surface area contributed by atoms with Gasteiger partial charge in [-0.05, 0) is 53.3 Å². The Morgan fingerprint density at radius 1 is 0.543 bits per heavy atom. The Hall–Kier alpha value is -2.29. The van der Waals surface area contributed by atoms with Crippen molar-refractivity contribution in [2.45, 2.75) is 104 Å². The van der Waals surface area contributed by atoms with E-state index in [0.717, 1.165) is 47.8 Å². The standard InChI is InChI=1S/C32H45FO2/c1-3-5-7-9-11-12-14-15-23-34-27-18-20-28-26(25-27)17-19-30-29(28)21-22-31(32(30)33)35-24-16-13-10-8-6-4-2/h17-22,25H,3-16,23-24H2,1-2H3. The van der Waals surface area contributed by atoms with Gasteiger partial charge in [-0.2, -0.15) is 0 Å². The molecule has 192 valence electrons. The molecule has 0 saturated carbocycles. The topological polar surface area (TPSA) is 18.5 Å². The normalized spacial score (nSPS) is 11.4. The van der Waals surface area contributed by atoms with Gasteiger partial charge in [0, 0.05) is 5.39 Å². The van der Waals surface area contributed by atoms with Crippen LogP contribution in [0.25, 0.3) is 21.5 Å². The molecule has 0 aliphatic rings. The van der Waals surface area contributed by atoms with Gasteiger partial charge in [0.2, 0.25) is 0 Å². The van der Waals surface area contributed by atoms with Gasteiger partial charge in [0.25, 0.3) is 0 Å². The predicted octanol–water partition coefficient (Wildman–Crippen LogP) is 10.4. The fourth-order valence-corrected chi connectivity index (χ4v) is 4.76. The second-order valence-corrected chi connectivity index (χ2v) is 9.86. The Kier molecular flexibility index (Phi) is 12.2. The van der Waals surface area contributed by atoms with Crippen LogP contribution in [0.3, 0.4) is 0 Å². The number of rotatable bonds is 18. The van der Waals surface area contributed by atoms with Crippen molar-refractivity contribution in [2.75, 3.05) is 13.2 Å². The van der Waals surface area contributed by atoms with E-state index in [0.29, 0.717) is 17.7 Å². The van der Waals surface area contributed by atoms with Crippen LogP contribution in [0, 0.1) is 5.82 Å². The highest BCUT2D eigenvalue weighted by molar-refractivity contribution is 6.08. The van der Waals surface area contributed by atoms with Crippen LogP contribution in [0.4, 0.5) is 4.39 Å². The molecule has 0 unspecified atom stereocenters. The zero-order chi connectivity index (χ0) is 24.7. The van der Waals surface area contributed by atoms with Crippen molar-refractivity contribution in [3.8, 4) is 11.5 Å². The van der Waals surface area contributed by atoms with Crippen LogP contribution < -0.4 is 9.47 Å². The van der Waals surface area contributed by atoms with Crippen LogP contribution in [-0.2, 0) is 0 Å². The van der Waals surface area contributed by atoms with Gasteiger partial charge in [-0.3, -0.25) is 0 Å². The molecule has 3 heteroatoms. The molecule has 0 saturated heterocycles. The summed E-state index contributed by atoms with van der Waals surface area (Å²) >= 11 is 0. The molecular formula is C32H45FO2. The maximum absolute atomic E-state index is 15.2. The highest BCUT2D eigenvalue weighted by atomic mass is 19.1. The molecule has 35 heavy (non-hydrogen) atoms. The Labute approximate surface area is 212 Å². The first-order valence-corrected chi connectivity index (χ1v) is 14.1. The number of ether oxygens (including phenoxy) is 2. The third-order valence-corrected chi connectivity index (χ3v) is 6.91. The Morgan fingerprint density at radius 2 is 1.09 bits per heavy atom. The molecule has 0 atom stereocenters. The van der Waals surface area contributed by atoms with E-state index < -0.39 is 0 Å². The minimum absolute atomic E-state index is 0.259. The van der Waals surface area contributed by atoms with Gasteiger partial charge in [-0.1, -0.05) is 109 Å². The van der Waals surface area contributed by atoms with Gasteiger partial charge in [0.15, 0.2) is 11.6 Å². The van der Waals surface area contributed by atoms with Crippen LogP contribution in [0.1, 0.15) is 104 Å². The van der Waals surface area contributed by atoms with Crippen LogP contribution in [0.2, 0.25) is 0 Å². The van der Waals surface area contributed by atoms with Crippen molar-refractivity contribution in [3.05, 3.63) is 48.3 Å². The molecule has 0 spiro atoms. The van der Waals surface area contributed by atoms with Crippen LogP contribution >= 0.6 is 0 Å². The molecule has 3 aromatic carbocycles. The summed E-state index contributed by atoms with van der Waals surface area (Å²) in [5.41, 5.74) is 0. The van der Waals surface area contributed by atoms with E-state index in [9.17, 15) is 0 Å². The zero-order valence-electron chi connectivity index (χ0n) is 22.0. The number of hydrogen-bond acceptors (Lipinski definition) is 2. The first kappa shape index (κ1) is 27.3. The molecule has 0 heterocycles. The second kappa shape index (κ2) is 15.7. The first-order valence-electron chi connectivity index (χ1n) is 14.1. The zero-order valence-corrected chi connectivity index (χ0v) is 22.0. The van der Waals surface area contributed by atoms with E-state index in [-0.39, 0.29) is 5.82 Å². The summed E-state index contributed by atoms with van der Waals surface area (Å²) in [4.78, 5) is 0. The van der Waals surface area contributed by atoms with Crippen molar-refractivity contribution in [2.24, 2.45) is 0 Å². The summed E-state index contributed by atoms with van der Waals surface area (Å²) < 4.78 is 26.9. The third kappa shape index (κ3) is 8.70. The highest BCUT2D eigenvalue weighted by Gasteiger charge is 2.11. The van der Waals surface area contributed by atoms with Gasteiger partial charge in [-0.25, -0.2) is 4.39 Å². The van der Waals surface area contributed by atoms with E-state index in [1.54, 1.807) is 6.07 Å². The van der Waals surface area contributed by atoms with Crippen molar-refractivity contribution in [3.63, 3.8) is 0 Å². The van der Waals surface area contributed by atoms with Crippen molar-refractivity contribution >= 4 is 21.5 Å². The van der Waals surface area contributed by atoms with Crippen LogP contribution in [-0.4, -0.2) is 13.2 Å². The Balaban J connectivity index is 1.50. The maximum atomic E-state index is 15.2. The molecule has 0 fully saturated rings. The van der Waals surface area contributed by atoms with E-state index >= 15 is 4.39 Å². The average molecular weight is 481 g/mol. The molecule has 0 aliphatic carbocycles. The van der Waals surface area contributed by atoms with Gasteiger partial charge in [-0.15, -0.1) is 0 Å². The molecular weight excluding hydrogens is 435 g/mol. The molecule has 2 nitrogen and oxygen atoms in total. The lowest BCUT2D eigenvalue weighted by Crippen LogP contribution is -2.00. The SMILES string of the molecule is CCCCCCCCCCOc1ccc2c(ccc3c(F)c(OCCCCCCCC)ccc32)c1. The maximum Gasteiger partial charge on any atom is 0.172 e. The number of halogens is 1. The van der Waals surface area contributed by atoms with E-state index in [4.69, 9.17) is 9.47 Å². The van der Waals surface area contributed by atoms with Crippen molar-refractivity contribution in [1.82, 2.24) is 0 Å². The molecule has 0 amide bonds. The van der Waals surface area contributed by atoms with Gasteiger partial charge in [0.1, 0.15) is 5.75 Å². The van der Waals surface area contributed by atoms with Gasteiger partial charge in [0.05, 0.1) is 13.2 Å². The smallest absolute Gasteiger partial charge is 0.172 e. The number of fused-ring (bicyclic) bond motifs is 3. The fourth-order valence-electron chi connectivity index (χ4n) is 4.76. The molecule has 0 aromatic heterocycles. The largest absolute Gasteiger partial charge is 0.494 e. The number of hydrogen-bond donors (Lipinski definition) is 0. The first-order chi connectivity index (χ1) is 17.2. The average Bonchev–Trinajstić information content (AvgIpc) is 2.88. The molecule has 0 radical (unpaired) electrons. The minimum atomic E-state index is -0.259. The second-order valence-electron chi connectivity index (χ2n) is 9.86. The summed E-state index contributed by atoms with van der Waals surface area (Å²) in [7, 11) is 0. The predicted molar refractivity (Wildman–Crippen MR) is 148 cm³/mol. The Bertz CT molecular complexity index is 1010. The fraction of sp³-hybridized carbons (Fsp3) is 0.562. The Morgan fingerprint density at radius 3 is 1.74 bits per heavy atom. The van der Waals surface area contributed by atoms with E-state index in [1.807, 2.05) is 24.3 Å². The summed E-state index contributed by atoms with van der Waals surface area (Å²) in [6, 6.07) is 13.7. The lowest BCUT2D eigenvalue weighted by Gasteiger charge is -2.12. The van der Waals surface area contributed by atoms with E-state index in [1.165, 1.54) is 70.6 Å². The summed E-state index contributed by atoms with van der Waals surface area (Å²) in [5.74, 6) is 0.986. The van der Waals surface area contributed by atoms with Crippen LogP contribution in [0.5, 0.6) is 11.5 Å². The van der Waals surface area contributed by atoms with Crippen molar-refractivity contribution in [1.29, 1.82) is 0 Å². The van der Waals surface area contributed by atoms with Gasteiger partial charge >= 0.3 is 0 Å². The molecule has 0 bridgehead atoms. The highest BCUT2D eigenvalue weighted by Crippen LogP contribution is 2.33. The minimum Gasteiger partial charge on any atom is -0.494 e. The lowest BCUT2D eigenvalue weighted by atomic mass is 10.0. The molecule has 3 aromatic rings. The quantitative estimate of drug-likeness (QED) is 0.133. The lowest BCUT2D eigenvalue weighted by molar-refractivity contribution is 0.291. The number of benzene rings is 3. The molecule has 0 N–H and O–H groups in total. The summed E-state index contributed by atoms with van der Waals surface area (Å²) in [6.45, 7) is 5.80. The van der Waals surface area contributed by atoms with E-state index in [2.05, 4.69) is 26.0 Å². The molecule has 3 rings (SSSR count). The number of unbranched alkanes of at least 4 members (excludes halogenated alkanes) is 12. The van der Waals surface area contributed by atoms with Crippen LogP contribution in [0.15, 0.2) is 42.5 Å². The van der Waals surface area contributed by atoms with Gasteiger partial charge < -0.3 is 9.47 Å². The monoisotopic (exact) mass is 480 g/mol.